The van der Waals surface area contributed by atoms with Crippen molar-refractivity contribution in [2.24, 2.45) is 0 Å². The van der Waals surface area contributed by atoms with Crippen molar-refractivity contribution in [2.45, 2.75) is 19.4 Å². The maximum Gasteiger partial charge on any atom is 0.243 e. The number of hydrogen-bond acceptors (Lipinski definition) is 5. The summed E-state index contributed by atoms with van der Waals surface area (Å²) < 4.78 is 0. The highest BCUT2D eigenvalue weighted by molar-refractivity contribution is 5.98. The summed E-state index contributed by atoms with van der Waals surface area (Å²) in [6, 6.07) is 6.72. The van der Waals surface area contributed by atoms with Gasteiger partial charge in [-0.2, -0.15) is 0 Å². The van der Waals surface area contributed by atoms with Crippen molar-refractivity contribution < 1.29 is 14.4 Å². The van der Waals surface area contributed by atoms with Crippen LogP contribution in [0.5, 0.6) is 0 Å². The van der Waals surface area contributed by atoms with Crippen LogP contribution in [-0.2, 0) is 14.4 Å². The molecular formula is C20H29N5O3. The number of likely N-dealkylation sites (N-methyl/N-ethyl adjacent to an activating group) is 1. The lowest BCUT2D eigenvalue weighted by molar-refractivity contribution is -0.145. The van der Waals surface area contributed by atoms with E-state index in [0.29, 0.717) is 13.1 Å². The molecule has 1 aromatic rings. The molecule has 2 N–H and O–H groups in total. The lowest BCUT2D eigenvalue weighted by atomic mass is 10.1. The lowest BCUT2D eigenvalue weighted by Crippen LogP contribution is -2.60. The number of nitrogens with zero attached hydrogens (tertiary/aromatic N) is 3. The molecule has 0 saturated carbocycles. The molecule has 8 nitrogen and oxygen atoms in total. The fraction of sp³-hybridized carbons (Fsp3) is 0.550. The molecule has 0 aliphatic carbocycles. The molecule has 0 spiro atoms. The standard InChI is InChI=1S/C20H29N5O3/c1-15-5-3-4-6-16(15)22-18(26)13-17-20(28)21-7-8-25(17)19(27)14-24-11-9-23(2)10-12-24/h3-6,17H,7-14H2,1-2H3,(H,21,28)(H,22,26)/t17-/m1/s1. The van der Waals surface area contributed by atoms with E-state index >= 15 is 0 Å². The fourth-order valence-corrected chi connectivity index (χ4v) is 3.59. The number of piperazine rings is 2. The molecule has 2 fully saturated rings. The summed E-state index contributed by atoms with van der Waals surface area (Å²) in [6.45, 7) is 6.57. The first-order valence-corrected chi connectivity index (χ1v) is 9.77. The molecule has 152 valence electrons. The predicted molar refractivity (Wildman–Crippen MR) is 107 cm³/mol. The Morgan fingerprint density at radius 3 is 2.57 bits per heavy atom. The second-order valence-electron chi connectivity index (χ2n) is 7.54. The number of hydrogen-bond donors (Lipinski definition) is 2. The van der Waals surface area contributed by atoms with Gasteiger partial charge in [-0.3, -0.25) is 19.3 Å². The molecule has 0 radical (unpaired) electrons. The maximum atomic E-state index is 12.9. The molecule has 1 atom stereocenters. The van der Waals surface area contributed by atoms with Crippen LogP contribution in [0.3, 0.4) is 0 Å². The second-order valence-corrected chi connectivity index (χ2v) is 7.54. The molecule has 2 aliphatic heterocycles. The number of carbonyl (C=O) groups excluding carboxylic acids is 3. The molecule has 0 bridgehead atoms. The Kier molecular flexibility index (Phi) is 6.64. The topological polar surface area (TPSA) is 85.0 Å². The van der Waals surface area contributed by atoms with Gasteiger partial charge in [0.1, 0.15) is 6.04 Å². The Morgan fingerprint density at radius 1 is 1.14 bits per heavy atom. The van der Waals surface area contributed by atoms with Crippen LogP contribution >= 0.6 is 0 Å². The SMILES string of the molecule is Cc1ccccc1NC(=O)C[C@@H]1C(=O)NCCN1C(=O)CN1CCN(C)CC1. The highest BCUT2D eigenvalue weighted by atomic mass is 16.2. The van der Waals surface area contributed by atoms with Crippen LogP contribution in [0.1, 0.15) is 12.0 Å². The van der Waals surface area contributed by atoms with Gasteiger partial charge in [-0.15, -0.1) is 0 Å². The Morgan fingerprint density at radius 2 is 1.86 bits per heavy atom. The number of nitrogens with one attached hydrogen (secondary N) is 2. The van der Waals surface area contributed by atoms with Crippen molar-refractivity contribution in [3.05, 3.63) is 29.8 Å². The third kappa shape index (κ3) is 5.08. The third-order valence-electron chi connectivity index (χ3n) is 5.40. The van der Waals surface area contributed by atoms with Gasteiger partial charge in [0.15, 0.2) is 0 Å². The molecule has 2 saturated heterocycles. The first-order chi connectivity index (χ1) is 13.4. The van der Waals surface area contributed by atoms with Crippen molar-refractivity contribution in [1.82, 2.24) is 20.0 Å². The highest BCUT2D eigenvalue weighted by Crippen LogP contribution is 2.16. The summed E-state index contributed by atoms with van der Waals surface area (Å²) >= 11 is 0. The molecule has 3 rings (SSSR count). The Hall–Kier alpha value is -2.45. The normalized spacial score (nSPS) is 21.3. The average molecular weight is 387 g/mol. The van der Waals surface area contributed by atoms with Gasteiger partial charge in [-0.05, 0) is 25.6 Å². The van der Waals surface area contributed by atoms with Crippen LogP contribution in [0.15, 0.2) is 24.3 Å². The van der Waals surface area contributed by atoms with Crippen LogP contribution in [0, 0.1) is 6.92 Å². The molecule has 0 aromatic heterocycles. The van der Waals surface area contributed by atoms with E-state index in [9.17, 15) is 14.4 Å². The first-order valence-electron chi connectivity index (χ1n) is 9.77. The van der Waals surface area contributed by atoms with Crippen molar-refractivity contribution in [2.75, 3.05) is 58.2 Å². The van der Waals surface area contributed by atoms with Gasteiger partial charge in [0.2, 0.25) is 17.7 Å². The summed E-state index contributed by atoms with van der Waals surface area (Å²) in [5, 5.41) is 5.62. The zero-order valence-corrected chi connectivity index (χ0v) is 16.6. The highest BCUT2D eigenvalue weighted by Gasteiger charge is 2.35. The quantitative estimate of drug-likeness (QED) is 0.737. The molecule has 0 unspecified atom stereocenters. The average Bonchev–Trinajstić information content (AvgIpc) is 2.67. The number of aryl methyl sites for hydroxylation is 1. The van der Waals surface area contributed by atoms with E-state index in [1.807, 2.05) is 31.2 Å². The van der Waals surface area contributed by atoms with Crippen LogP contribution in [0.25, 0.3) is 0 Å². The number of rotatable bonds is 5. The van der Waals surface area contributed by atoms with Crippen molar-refractivity contribution in [1.29, 1.82) is 0 Å². The summed E-state index contributed by atoms with van der Waals surface area (Å²) in [5.41, 5.74) is 1.67. The monoisotopic (exact) mass is 387 g/mol. The molecular weight excluding hydrogens is 358 g/mol. The largest absolute Gasteiger partial charge is 0.353 e. The van der Waals surface area contributed by atoms with Gasteiger partial charge in [-0.1, -0.05) is 18.2 Å². The maximum absolute atomic E-state index is 12.9. The van der Waals surface area contributed by atoms with E-state index in [1.165, 1.54) is 0 Å². The third-order valence-corrected chi connectivity index (χ3v) is 5.40. The minimum atomic E-state index is -0.766. The molecule has 28 heavy (non-hydrogen) atoms. The van der Waals surface area contributed by atoms with E-state index < -0.39 is 6.04 Å². The molecule has 3 amide bonds. The smallest absolute Gasteiger partial charge is 0.243 e. The Labute approximate surface area is 165 Å². The minimum absolute atomic E-state index is 0.0470. The van der Waals surface area contributed by atoms with Crippen molar-refractivity contribution in [3.8, 4) is 0 Å². The first kappa shape index (κ1) is 20.3. The Balaban J connectivity index is 1.61. The molecule has 1 aromatic carbocycles. The number of carbonyl (C=O) groups is 3. The molecule has 8 heteroatoms. The van der Waals surface area contributed by atoms with E-state index in [-0.39, 0.29) is 30.7 Å². The van der Waals surface area contributed by atoms with Gasteiger partial charge < -0.3 is 20.4 Å². The summed E-state index contributed by atoms with van der Waals surface area (Å²) in [4.78, 5) is 43.7. The number of anilines is 1. The summed E-state index contributed by atoms with van der Waals surface area (Å²) in [7, 11) is 2.07. The Bertz CT molecular complexity index is 730. The van der Waals surface area contributed by atoms with E-state index in [1.54, 1.807) is 4.90 Å². The van der Waals surface area contributed by atoms with Crippen molar-refractivity contribution in [3.63, 3.8) is 0 Å². The minimum Gasteiger partial charge on any atom is -0.353 e. The zero-order chi connectivity index (χ0) is 20.1. The summed E-state index contributed by atoms with van der Waals surface area (Å²) in [6.07, 6.45) is -0.0470. The van der Waals surface area contributed by atoms with Gasteiger partial charge in [0.25, 0.3) is 0 Å². The summed E-state index contributed by atoms with van der Waals surface area (Å²) in [5.74, 6) is -0.625. The number of amides is 3. The van der Waals surface area contributed by atoms with Gasteiger partial charge in [0, 0.05) is 45.0 Å². The second kappa shape index (κ2) is 9.16. The van der Waals surface area contributed by atoms with Crippen LogP contribution in [0.4, 0.5) is 5.69 Å². The van der Waals surface area contributed by atoms with Gasteiger partial charge in [-0.25, -0.2) is 0 Å². The predicted octanol–water partition coefficient (Wildman–Crippen LogP) is -0.102. The van der Waals surface area contributed by atoms with E-state index in [0.717, 1.165) is 37.4 Å². The van der Waals surface area contributed by atoms with Gasteiger partial charge >= 0.3 is 0 Å². The van der Waals surface area contributed by atoms with E-state index in [4.69, 9.17) is 0 Å². The molecule has 2 aliphatic rings. The van der Waals surface area contributed by atoms with Gasteiger partial charge in [0.05, 0.1) is 13.0 Å². The van der Waals surface area contributed by atoms with E-state index in [2.05, 4.69) is 27.5 Å². The molecule has 2 heterocycles. The van der Waals surface area contributed by atoms with Crippen molar-refractivity contribution >= 4 is 23.4 Å². The zero-order valence-electron chi connectivity index (χ0n) is 16.6. The number of benzene rings is 1. The fourth-order valence-electron chi connectivity index (χ4n) is 3.59. The lowest BCUT2D eigenvalue weighted by Gasteiger charge is -2.37. The van der Waals surface area contributed by atoms with Crippen LogP contribution < -0.4 is 10.6 Å². The van der Waals surface area contributed by atoms with Crippen LogP contribution in [0.2, 0.25) is 0 Å². The van der Waals surface area contributed by atoms with Crippen LogP contribution in [-0.4, -0.2) is 91.3 Å². The number of para-hydroxylation sites is 1.